The van der Waals surface area contributed by atoms with Gasteiger partial charge in [-0.05, 0) is 38.1 Å². The Labute approximate surface area is 162 Å². The molecule has 0 amide bonds. The molecule has 5 rings (SSSR count). The molecule has 7 heteroatoms. The Morgan fingerprint density at radius 1 is 1.21 bits per heavy atom. The van der Waals surface area contributed by atoms with Gasteiger partial charge in [0, 0.05) is 18.8 Å². The summed E-state index contributed by atoms with van der Waals surface area (Å²) in [5, 5.41) is 4.09. The van der Waals surface area contributed by atoms with Crippen molar-refractivity contribution < 1.29 is 14.1 Å². The van der Waals surface area contributed by atoms with E-state index in [1.165, 1.54) is 0 Å². The van der Waals surface area contributed by atoms with Crippen molar-refractivity contribution in [1.82, 2.24) is 10.1 Å². The summed E-state index contributed by atoms with van der Waals surface area (Å²) in [5.41, 5.74) is 5.44. The molecular weight excluding hydrogens is 356 g/mol. The fourth-order valence-corrected chi connectivity index (χ4v) is 4.31. The van der Waals surface area contributed by atoms with E-state index in [1.54, 1.807) is 6.20 Å². The SMILES string of the molecule is Cc1noc(C)c1-c1ccc2c3c1OC[C@H](c1ccccn1)N3C(C=O)N2C. The maximum Gasteiger partial charge on any atom is 0.162 e. The maximum absolute atomic E-state index is 12.0. The number of anilines is 2. The van der Waals surface area contributed by atoms with Crippen molar-refractivity contribution in [2.24, 2.45) is 0 Å². The first kappa shape index (κ1) is 16.8. The molecule has 0 N–H and O–H groups in total. The molecule has 1 unspecified atom stereocenters. The van der Waals surface area contributed by atoms with Gasteiger partial charge >= 0.3 is 0 Å². The minimum absolute atomic E-state index is 0.146. The lowest BCUT2D eigenvalue weighted by Gasteiger charge is -2.38. The second-order valence-corrected chi connectivity index (χ2v) is 7.16. The molecule has 28 heavy (non-hydrogen) atoms. The quantitative estimate of drug-likeness (QED) is 0.650. The number of likely N-dealkylation sites (N-methyl/N-ethyl adjacent to an activating group) is 1. The molecule has 0 spiro atoms. The molecule has 0 saturated heterocycles. The average molecular weight is 376 g/mol. The van der Waals surface area contributed by atoms with E-state index in [4.69, 9.17) is 9.26 Å². The Morgan fingerprint density at radius 2 is 2.07 bits per heavy atom. The topological polar surface area (TPSA) is 71.7 Å². The van der Waals surface area contributed by atoms with Gasteiger partial charge in [0.15, 0.2) is 18.2 Å². The third kappa shape index (κ3) is 2.19. The van der Waals surface area contributed by atoms with Crippen LogP contribution in [0.1, 0.15) is 23.2 Å². The van der Waals surface area contributed by atoms with Crippen LogP contribution in [0.4, 0.5) is 11.4 Å². The first-order valence-corrected chi connectivity index (χ1v) is 9.22. The fraction of sp³-hybridized carbons (Fsp3) is 0.286. The van der Waals surface area contributed by atoms with Crippen LogP contribution in [-0.4, -0.2) is 36.2 Å². The summed E-state index contributed by atoms with van der Waals surface area (Å²) in [6.07, 6.45) is 2.33. The van der Waals surface area contributed by atoms with E-state index in [-0.39, 0.29) is 6.04 Å². The summed E-state index contributed by atoms with van der Waals surface area (Å²) in [7, 11) is 1.93. The van der Waals surface area contributed by atoms with Gasteiger partial charge in [0.2, 0.25) is 0 Å². The van der Waals surface area contributed by atoms with Gasteiger partial charge in [-0.3, -0.25) is 9.78 Å². The molecule has 4 heterocycles. The fourth-order valence-electron chi connectivity index (χ4n) is 4.31. The van der Waals surface area contributed by atoms with Crippen molar-refractivity contribution in [2.75, 3.05) is 23.5 Å². The van der Waals surface area contributed by atoms with E-state index in [0.29, 0.717) is 6.61 Å². The van der Waals surface area contributed by atoms with E-state index in [0.717, 1.165) is 51.7 Å². The number of aromatic nitrogens is 2. The standard InChI is InChI=1S/C21H20N4O3/c1-12-19(13(2)28-23-12)14-7-8-16-20-21(14)27-11-17(15-6-4-5-9-22-15)25(20)18(10-26)24(16)3/h4-10,17-18H,11H2,1-3H3/t17-,18?/m1/s1. The highest BCUT2D eigenvalue weighted by molar-refractivity contribution is 5.95. The zero-order valence-electron chi connectivity index (χ0n) is 15.9. The largest absolute Gasteiger partial charge is 0.488 e. The molecule has 0 saturated carbocycles. The molecule has 0 radical (unpaired) electrons. The number of pyridine rings is 1. The van der Waals surface area contributed by atoms with Gasteiger partial charge in [-0.25, -0.2) is 0 Å². The second kappa shape index (κ2) is 6.09. The summed E-state index contributed by atoms with van der Waals surface area (Å²) in [6, 6.07) is 9.71. The molecule has 2 atom stereocenters. The zero-order valence-corrected chi connectivity index (χ0v) is 15.9. The Balaban J connectivity index is 1.73. The molecule has 3 aromatic rings. The van der Waals surface area contributed by atoms with Crippen molar-refractivity contribution in [1.29, 1.82) is 0 Å². The van der Waals surface area contributed by atoms with Gasteiger partial charge in [-0.1, -0.05) is 11.2 Å². The van der Waals surface area contributed by atoms with E-state index >= 15 is 0 Å². The van der Waals surface area contributed by atoms with Crippen LogP contribution in [0.25, 0.3) is 11.1 Å². The third-order valence-electron chi connectivity index (χ3n) is 5.61. The van der Waals surface area contributed by atoms with Gasteiger partial charge < -0.3 is 19.1 Å². The van der Waals surface area contributed by atoms with Crippen molar-refractivity contribution in [3.8, 4) is 16.9 Å². The van der Waals surface area contributed by atoms with Crippen LogP contribution in [0.5, 0.6) is 5.75 Å². The number of hydrogen-bond acceptors (Lipinski definition) is 7. The van der Waals surface area contributed by atoms with Crippen molar-refractivity contribution >= 4 is 17.7 Å². The van der Waals surface area contributed by atoms with Crippen LogP contribution in [0.3, 0.4) is 0 Å². The minimum Gasteiger partial charge on any atom is -0.488 e. The Bertz CT molecular complexity index is 1040. The number of aldehydes is 1. The molecule has 0 aliphatic carbocycles. The summed E-state index contributed by atoms with van der Waals surface area (Å²) in [5.74, 6) is 1.50. The van der Waals surface area contributed by atoms with Gasteiger partial charge in [0.1, 0.15) is 24.1 Å². The van der Waals surface area contributed by atoms with E-state index in [2.05, 4.69) is 15.0 Å². The molecule has 7 nitrogen and oxygen atoms in total. The molecule has 2 aliphatic heterocycles. The number of benzene rings is 1. The van der Waals surface area contributed by atoms with Crippen LogP contribution < -0.4 is 14.5 Å². The lowest BCUT2D eigenvalue weighted by Crippen LogP contribution is -2.47. The minimum atomic E-state index is -0.412. The molecular formula is C21H20N4O3. The highest BCUT2D eigenvalue weighted by atomic mass is 16.5. The number of carbonyl (C=O) groups is 1. The number of hydrogen-bond donors (Lipinski definition) is 0. The highest BCUT2D eigenvalue weighted by Crippen LogP contribution is 2.55. The Hall–Kier alpha value is -3.35. The summed E-state index contributed by atoms with van der Waals surface area (Å²) in [6.45, 7) is 4.22. The number of aryl methyl sites for hydroxylation is 2. The van der Waals surface area contributed by atoms with Gasteiger partial charge in [-0.15, -0.1) is 0 Å². The molecule has 142 valence electrons. The first-order valence-electron chi connectivity index (χ1n) is 9.22. The van der Waals surface area contributed by atoms with E-state index in [1.807, 2.05) is 56.1 Å². The van der Waals surface area contributed by atoms with Crippen molar-refractivity contribution in [2.45, 2.75) is 26.1 Å². The lowest BCUT2D eigenvalue weighted by atomic mass is 9.99. The molecule has 2 aromatic heterocycles. The molecule has 1 aromatic carbocycles. The van der Waals surface area contributed by atoms with E-state index in [9.17, 15) is 4.79 Å². The number of ether oxygens (including phenoxy) is 1. The molecule has 2 aliphatic rings. The Morgan fingerprint density at radius 3 is 2.75 bits per heavy atom. The molecule has 0 bridgehead atoms. The summed E-state index contributed by atoms with van der Waals surface area (Å²) >= 11 is 0. The van der Waals surface area contributed by atoms with Crippen LogP contribution in [0.2, 0.25) is 0 Å². The van der Waals surface area contributed by atoms with Gasteiger partial charge in [0.25, 0.3) is 0 Å². The van der Waals surface area contributed by atoms with Crippen LogP contribution >= 0.6 is 0 Å². The molecule has 0 fully saturated rings. The smallest absolute Gasteiger partial charge is 0.162 e. The first-order chi connectivity index (χ1) is 13.6. The van der Waals surface area contributed by atoms with Gasteiger partial charge in [-0.2, -0.15) is 0 Å². The average Bonchev–Trinajstić information content (AvgIpc) is 3.20. The van der Waals surface area contributed by atoms with Crippen LogP contribution in [-0.2, 0) is 4.79 Å². The van der Waals surface area contributed by atoms with Crippen molar-refractivity contribution in [3.05, 3.63) is 53.7 Å². The van der Waals surface area contributed by atoms with E-state index < -0.39 is 6.17 Å². The number of rotatable bonds is 3. The second-order valence-electron chi connectivity index (χ2n) is 7.16. The predicted octanol–water partition coefficient (Wildman–Crippen LogP) is 3.27. The number of nitrogens with zero attached hydrogens (tertiary/aromatic N) is 4. The predicted molar refractivity (Wildman–Crippen MR) is 105 cm³/mol. The monoisotopic (exact) mass is 376 g/mol. The Kier molecular flexibility index (Phi) is 3.65. The van der Waals surface area contributed by atoms with Crippen LogP contribution in [0, 0.1) is 13.8 Å². The lowest BCUT2D eigenvalue weighted by molar-refractivity contribution is -0.109. The van der Waals surface area contributed by atoms with Crippen LogP contribution in [0.15, 0.2) is 41.1 Å². The summed E-state index contributed by atoms with van der Waals surface area (Å²) < 4.78 is 11.7. The normalized spacial score (nSPS) is 20.1. The zero-order chi connectivity index (χ0) is 19.4. The highest BCUT2D eigenvalue weighted by Gasteiger charge is 2.45. The summed E-state index contributed by atoms with van der Waals surface area (Å²) in [4.78, 5) is 20.6. The van der Waals surface area contributed by atoms with Crippen molar-refractivity contribution in [3.63, 3.8) is 0 Å². The number of carbonyl (C=O) groups excluding carboxylic acids is 1. The third-order valence-corrected chi connectivity index (χ3v) is 5.61. The van der Waals surface area contributed by atoms with Gasteiger partial charge in [0.05, 0.1) is 22.6 Å². The maximum atomic E-state index is 12.0.